The van der Waals surface area contributed by atoms with Gasteiger partial charge in [-0.3, -0.25) is 14.5 Å². The number of thiazole rings is 1. The van der Waals surface area contributed by atoms with Gasteiger partial charge in [-0.1, -0.05) is 6.07 Å². The predicted octanol–water partition coefficient (Wildman–Crippen LogP) is 6.09. The zero-order chi connectivity index (χ0) is 23.7. The first-order valence-corrected chi connectivity index (χ1v) is 11.6. The van der Waals surface area contributed by atoms with Gasteiger partial charge in [0.25, 0.3) is 0 Å². The highest BCUT2D eigenvalue weighted by Crippen LogP contribution is 2.30. The van der Waals surface area contributed by atoms with Crippen LogP contribution in [0.4, 0.5) is 10.8 Å². The average Bonchev–Trinajstić information content (AvgIpc) is 3.37. The summed E-state index contributed by atoms with van der Waals surface area (Å²) in [5.41, 5.74) is 7.47. The van der Waals surface area contributed by atoms with Gasteiger partial charge in [0.15, 0.2) is 5.13 Å². The Bertz CT molecular complexity index is 1350. The maximum Gasteiger partial charge on any atom is 0.310 e. The molecule has 0 aliphatic heterocycles. The molecule has 4 aromatic rings. The molecule has 0 saturated carbocycles. The van der Waals surface area contributed by atoms with E-state index in [2.05, 4.69) is 4.98 Å². The molecule has 0 radical (unpaired) electrons. The Morgan fingerprint density at radius 2 is 1.76 bits per heavy atom. The van der Waals surface area contributed by atoms with E-state index in [1.165, 1.54) is 18.3 Å². The summed E-state index contributed by atoms with van der Waals surface area (Å²) in [6.45, 7) is 9.65. The van der Waals surface area contributed by atoms with Crippen LogP contribution in [-0.2, 0) is 27.4 Å². The fourth-order valence-corrected chi connectivity index (χ4v) is 4.46. The first kappa shape index (κ1) is 22.7. The van der Waals surface area contributed by atoms with Crippen molar-refractivity contribution in [3.63, 3.8) is 0 Å². The second-order valence-electron chi connectivity index (χ2n) is 8.28. The molecule has 0 aliphatic carbocycles. The zero-order valence-electron chi connectivity index (χ0n) is 19.4. The number of rotatable bonds is 6. The SMILES string of the molecule is CC(=O)N(c1ccc(C)c(C)c1)c1nc(COC(=O)Cc2coc3cc(C)c(C)cc23)cs1. The number of carbonyl (C=O) groups excluding carboxylic acids is 2. The molecule has 0 N–H and O–H groups in total. The van der Waals surface area contributed by atoms with E-state index >= 15 is 0 Å². The minimum atomic E-state index is -0.358. The third-order valence-electron chi connectivity index (χ3n) is 5.78. The van der Waals surface area contributed by atoms with Crippen LogP contribution in [0.1, 0.15) is 40.4 Å². The lowest BCUT2D eigenvalue weighted by atomic mass is 10.0. The molecular weight excluding hydrogens is 436 g/mol. The Hall–Kier alpha value is -3.45. The van der Waals surface area contributed by atoms with Gasteiger partial charge in [-0.05, 0) is 74.2 Å². The van der Waals surface area contributed by atoms with Crippen LogP contribution in [0.3, 0.4) is 0 Å². The third kappa shape index (κ3) is 4.83. The molecule has 0 aliphatic rings. The van der Waals surface area contributed by atoms with E-state index in [0.29, 0.717) is 10.8 Å². The van der Waals surface area contributed by atoms with Gasteiger partial charge in [0.1, 0.15) is 12.2 Å². The number of carbonyl (C=O) groups is 2. The van der Waals surface area contributed by atoms with E-state index in [0.717, 1.165) is 44.5 Å². The summed E-state index contributed by atoms with van der Waals surface area (Å²) in [6, 6.07) is 9.87. The van der Waals surface area contributed by atoms with Crippen molar-refractivity contribution in [1.29, 1.82) is 0 Å². The number of benzene rings is 2. The smallest absolute Gasteiger partial charge is 0.310 e. The highest BCUT2D eigenvalue weighted by molar-refractivity contribution is 7.14. The lowest BCUT2D eigenvalue weighted by Gasteiger charge is -2.19. The summed E-state index contributed by atoms with van der Waals surface area (Å²) in [5, 5.41) is 3.28. The largest absolute Gasteiger partial charge is 0.464 e. The number of furan rings is 1. The van der Waals surface area contributed by atoms with Crippen LogP contribution >= 0.6 is 11.3 Å². The first-order chi connectivity index (χ1) is 15.7. The number of hydrogen-bond donors (Lipinski definition) is 0. The lowest BCUT2D eigenvalue weighted by molar-refractivity contribution is -0.144. The summed E-state index contributed by atoms with van der Waals surface area (Å²) >= 11 is 1.34. The maximum atomic E-state index is 12.5. The number of fused-ring (bicyclic) bond motifs is 1. The zero-order valence-corrected chi connectivity index (χ0v) is 20.2. The van der Waals surface area contributed by atoms with E-state index in [9.17, 15) is 9.59 Å². The number of ether oxygens (including phenoxy) is 1. The van der Waals surface area contributed by atoms with Crippen LogP contribution in [0.5, 0.6) is 0 Å². The van der Waals surface area contributed by atoms with Crippen molar-refractivity contribution in [2.24, 2.45) is 0 Å². The van der Waals surface area contributed by atoms with Gasteiger partial charge < -0.3 is 9.15 Å². The van der Waals surface area contributed by atoms with E-state index in [1.807, 2.05) is 58.0 Å². The van der Waals surface area contributed by atoms with Gasteiger partial charge >= 0.3 is 5.97 Å². The van der Waals surface area contributed by atoms with Gasteiger partial charge in [0.2, 0.25) is 5.91 Å². The molecule has 0 saturated heterocycles. The van der Waals surface area contributed by atoms with E-state index in [-0.39, 0.29) is 24.9 Å². The van der Waals surface area contributed by atoms with Crippen LogP contribution < -0.4 is 4.90 Å². The molecule has 33 heavy (non-hydrogen) atoms. The molecule has 0 bridgehead atoms. The minimum Gasteiger partial charge on any atom is -0.464 e. The van der Waals surface area contributed by atoms with E-state index in [1.54, 1.807) is 16.5 Å². The molecule has 0 unspecified atom stereocenters. The standard InChI is InChI=1S/C26H26N2O4S/c1-15-6-7-22(8-16(15)2)28(19(5)29)26-27-21(14-33-26)13-32-25(30)11-20-12-31-24-10-18(4)17(3)9-23(20)24/h6-10,12,14H,11,13H2,1-5H3. The predicted molar refractivity (Wildman–Crippen MR) is 130 cm³/mol. The van der Waals surface area contributed by atoms with Crippen LogP contribution in [0.15, 0.2) is 46.4 Å². The normalized spacial score (nSPS) is 11.1. The topological polar surface area (TPSA) is 72.6 Å². The summed E-state index contributed by atoms with van der Waals surface area (Å²) in [6.07, 6.45) is 1.73. The Kier molecular flexibility index (Phi) is 6.33. The van der Waals surface area contributed by atoms with Gasteiger partial charge in [0.05, 0.1) is 24.1 Å². The number of hydrogen-bond acceptors (Lipinski definition) is 6. The number of anilines is 2. The van der Waals surface area contributed by atoms with Crippen molar-refractivity contribution in [3.05, 3.63) is 75.5 Å². The molecule has 1 amide bonds. The Labute approximate surface area is 196 Å². The van der Waals surface area contributed by atoms with Crippen LogP contribution in [0, 0.1) is 27.7 Å². The molecule has 0 fully saturated rings. The minimum absolute atomic E-state index is 0.0436. The molecule has 2 aromatic carbocycles. The van der Waals surface area contributed by atoms with Gasteiger partial charge in [0, 0.05) is 23.3 Å². The first-order valence-electron chi connectivity index (χ1n) is 10.7. The molecule has 4 rings (SSSR count). The number of aryl methyl sites for hydroxylation is 4. The molecule has 6 nitrogen and oxygen atoms in total. The fourth-order valence-electron chi connectivity index (χ4n) is 3.59. The Morgan fingerprint density at radius 1 is 1.03 bits per heavy atom. The molecule has 7 heteroatoms. The molecule has 170 valence electrons. The summed E-state index contributed by atoms with van der Waals surface area (Å²) in [5.74, 6) is -0.489. The van der Waals surface area contributed by atoms with Gasteiger partial charge in [-0.2, -0.15) is 0 Å². The second kappa shape index (κ2) is 9.19. The van der Waals surface area contributed by atoms with E-state index < -0.39 is 0 Å². The molecular formula is C26H26N2O4S. The van der Waals surface area contributed by atoms with Crippen molar-refractivity contribution in [1.82, 2.24) is 4.98 Å². The van der Waals surface area contributed by atoms with Crippen molar-refractivity contribution in [3.8, 4) is 0 Å². The highest BCUT2D eigenvalue weighted by Gasteiger charge is 2.19. The monoisotopic (exact) mass is 462 g/mol. The molecule has 0 atom stereocenters. The van der Waals surface area contributed by atoms with Crippen LogP contribution in [0.2, 0.25) is 0 Å². The summed E-state index contributed by atoms with van der Waals surface area (Å²) in [4.78, 5) is 30.9. The molecule has 2 aromatic heterocycles. The summed E-state index contributed by atoms with van der Waals surface area (Å²) < 4.78 is 11.1. The number of aromatic nitrogens is 1. The fraction of sp³-hybridized carbons (Fsp3) is 0.269. The lowest BCUT2D eigenvalue weighted by Crippen LogP contribution is -2.22. The number of amides is 1. The van der Waals surface area contributed by atoms with Crippen molar-refractivity contribution in [2.45, 2.75) is 47.6 Å². The average molecular weight is 463 g/mol. The van der Waals surface area contributed by atoms with Crippen molar-refractivity contribution >= 4 is 45.0 Å². The Balaban J connectivity index is 1.44. The Morgan fingerprint density at radius 3 is 2.48 bits per heavy atom. The maximum absolute atomic E-state index is 12.5. The second-order valence-corrected chi connectivity index (χ2v) is 9.11. The summed E-state index contributed by atoms with van der Waals surface area (Å²) in [7, 11) is 0. The van der Waals surface area contributed by atoms with Crippen LogP contribution in [-0.4, -0.2) is 16.9 Å². The number of esters is 1. The van der Waals surface area contributed by atoms with Crippen LogP contribution in [0.25, 0.3) is 11.0 Å². The van der Waals surface area contributed by atoms with Crippen molar-refractivity contribution in [2.75, 3.05) is 4.90 Å². The van der Waals surface area contributed by atoms with E-state index in [4.69, 9.17) is 9.15 Å². The highest BCUT2D eigenvalue weighted by atomic mass is 32.1. The van der Waals surface area contributed by atoms with Gasteiger partial charge in [-0.25, -0.2) is 4.98 Å². The van der Waals surface area contributed by atoms with Gasteiger partial charge in [-0.15, -0.1) is 11.3 Å². The number of nitrogens with zero attached hydrogens (tertiary/aromatic N) is 2. The third-order valence-corrected chi connectivity index (χ3v) is 6.65. The molecule has 0 spiro atoms. The molecule has 2 heterocycles. The quantitative estimate of drug-likeness (QED) is 0.324. The van der Waals surface area contributed by atoms with Crippen molar-refractivity contribution < 1.29 is 18.7 Å².